The zero-order chi connectivity index (χ0) is 16.0. The third kappa shape index (κ3) is 5.09. The molecule has 0 bridgehead atoms. The van der Waals surface area contributed by atoms with Gasteiger partial charge in [0, 0.05) is 6.20 Å². The van der Waals surface area contributed by atoms with Crippen LogP contribution in [0.25, 0.3) is 0 Å². The molecule has 0 spiro atoms. The van der Waals surface area contributed by atoms with Crippen LogP contribution in [0.1, 0.15) is 13.2 Å². The van der Waals surface area contributed by atoms with Crippen molar-refractivity contribution in [2.75, 3.05) is 12.3 Å². The molecular weight excluding hydrogens is 311 g/mol. The lowest BCUT2D eigenvalue weighted by molar-refractivity contribution is -0.149. The van der Waals surface area contributed by atoms with E-state index in [1.54, 1.807) is 0 Å². The van der Waals surface area contributed by atoms with Crippen LogP contribution in [-0.2, 0) is 13.8 Å². The Labute approximate surface area is 119 Å². The summed E-state index contributed by atoms with van der Waals surface area (Å²) in [6.07, 6.45) is -6.47. The van der Waals surface area contributed by atoms with Gasteiger partial charge in [0.2, 0.25) is 0 Å². The van der Waals surface area contributed by atoms with Crippen molar-refractivity contribution in [3.05, 3.63) is 22.7 Å². The van der Waals surface area contributed by atoms with Gasteiger partial charge in [-0.1, -0.05) is 0 Å². The van der Waals surface area contributed by atoms with Crippen LogP contribution in [0.15, 0.2) is 17.1 Å². The molecule has 0 aliphatic rings. The van der Waals surface area contributed by atoms with Crippen molar-refractivity contribution in [3.8, 4) is 0 Å². The largest absolute Gasteiger partial charge is 0.384 e. The summed E-state index contributed by atoms with van der Waals surface area (Å²) in [4.78, 5) is 15.0. The van der Waals surface area contributed by atoms with Gasteiger partial charge in [-0.3, -0.25) is 9.09 Å². The quantitative estimate of drug-likeness (QED) is 0.671. The molecule has 1 rings (SSSR count). The number of ether oxygens (including phenoxy) is 1. The van der Waals surface area contributed by atoms with Crippen molar-refractivity contribution in [1.82, 2.24) is 9.55 Å². The van der Waals surface area contributed by atoms with Gasteiger partial charge < -0.3 is 15.6 Å². The van der Waals surface area contributed by atoms with Gasteiger partial charge in [-0.05, 0) is 13.0 Å². The normalized spacial score (nSPS) is 16.0. The van der Waals surface area contributed by atoms with E-state index in [1.165, 1.54) is 19.2 Å². The van der Waals surface area contributed by atoms with Crippen LogP contribution in [0.3, 0.4) is 0 Å². The Morgan fingerprint density at radius 2 is 2.24 bits per heavy atom. The molecule has 8 nitrogen and oxygen atoms in total. The van der Waals surface area contributed by atoms with Crippen LogP contribution < -0.4 is 11.4 Å². The number of nitrogens with zero attached hydrogens (tertiary/aromatic N) is 2. The van der Waals surface area contributed by atoms with Crippen molar-refractivity contribution < 1.29 is 27.7 Å². The molecule has 1 aromatic heterocycles. The summed E-state index contributed by atoms with van der Waals surface area (Å²) in [5, 5.41) is 9.34. The monoisotopic (exact) mass is 325 g/mol. The van der Waals surface area contributed by atoms with Gasteiger partial charge in [0.15, 0.2) is 0 Å². The number of nitrogen functional groups attached to an aromatic ring is 1. The number of aromatic nitrogens is 2. The highest BCUT2D eigenvalue weighted by Crippen LogP contribution is 2.17. The highest BCUT2D eigenvalue weighted by molar-refractivity contribution is 7.17. The summed E-state index contributed by atoms with van der Waals surface area (Å²) in [6.45, 7) is 0.845. The second kappa shape index (κ2) is 8.08. The molecule has 2 unspecified atom stereocenters. The Bertz CT molecular complexity index is 530. The summed E-state index contributed by atoms with van der Waals surface area (Å²) in [7, 11) is -0.742. The van der Waals surface area contributed by atoms with Gasteiger partial charge in [0.25, 0.3) is 6.43 Å². The first kappa shape index (κ1) is 17.6. The number of aliphatic hydroxyl groups excluding tert-OH is 1. The lowest BCUT2D eigenvalue weighted by Crippen LogP contribution is -2.40. The molecular formula is C10H14F2N3O5P. The zero-order valence-electron chi connectivity index (χ0n) is 10.9. The molecule has 21 heavy (non-hydrogen) atoms. The predicted octanol–water partition coefficient (Wildman–Crippen LogP) is 0.578. The minimum absolute atomic E-state index is 0.00102. The summed E-state index contributed by atoms with van der Waals surface area (Å²) in [5.74, 6) is 0.00102. The summed E-state index contributed by atoms with van der Waals surface area (Å²) >= 11 is 0. The molecule has 0 aliphatic heterocycles. The van der Waals surface area contributed by atoms with E-state index >= 15 is 0 Å². The van der Waals surface area contributed by atoms with Crippen molar-refractivity contribution in [3.63, 3.8) is 0 Å². The molecule has 0 saturated heterocycles. The van der Waals surface area contributed by atoms with Crippen molar-refractivity contribution in [2.45, 2.75) is 31.8 Å². The Morgan fingerprint density at radius 3 is 2.76 bits per heavy atom. The van der Waals surface area contributed by atoms with Gasteiger partial charge in [-0.25, -0.2) is 18.1 Å². The van der Waals surface area contributed by atoms with Crippen LogP contribution in [0.5, 0.6) is 0 Å². The molecule has 11 heteroatoms. The first-order valence-electron chi connectivity index (χ1n) is 5.77. The Morgan fingerprint density at radius 1 is 1.57 bits per heavy atom. The Kier molecular flexibility index (Phi) is 6.76. The smallest absolute Gasteiger partial charge is 0.351 e. The molecule has 0 amide bonds. The molecule has 118 valence electrons. The second-order valence-electron chi connectivity index (χ2n) is 4.01. The number of aliphatic hydroxyl groups is 1. The SMILES string of the molecule is C[C@@H](OC(COP=O)C(O)C(F)F)n1ccc(N)nc1=O. The van der Waals surface area contributed by atoms with E-state index in [9.17, 15) is 23.2 Å². The van der Waals surface area contributed by atoms with Crippen LogP contribution in [-0.4, -0.2) is 39.9 Å². The highest BCUT2D eigenvalue weighted by atomic mass is 31.1. The van der Waals surface area contributed by atoms with Crippen molar-refractivity contribution in [2.24, 2.45) is 0 Å². The molecule has 1 aromatic rings. The topological polar surface area (TPSA) is 117 Å². The zero-order valence-corrected chi connectivity index (χ0v) is 11.8. The van der Waals surface area contributed by atoms with Crippen molar-refractivity contribution >= 4 is 14.5 Å². The summed E-state index contributed by atoms with van der Waals surface area (Å²) in [6, 6.07) is 1.33. The summed E-state index contributed by atoms with van der Waals surface area (Å²) in [5.41, 5.74) is 4.58. The van der Waals surface area contributed by atoms with Crippen molar-refractivity contribution in [1.29, 1.82) is 0 Å². The Balaban J connectivity index is 2.86. The fourth-order valence-corrected chi connectivity index (χ4v) is 1.71. The minimum atomic E-state index is -3.09. The van der Waals surface area contributed by atoms with Gasteiger partial charge in [-0.15, -0.1) is 0 Å². The molecule has 0 aromatic carbocycles. The van der Waals surface area contributed by atoms with Crippen LogP contribution in [0, 0.1) is 0 Å². The number of alkyl halides is 2. The Hall–Kier alpha value is -1.48. The summed E-state index contributed by atoms with van der Waals surface area (Å²) < 4.78 is 45.9. The number of halogens is 2. The van der Waals surface area contributed by atoms with E-state index < -0.39 is 45.8 Å². The van der Waals surface area contributed by atoms with E-state index in [-0.39, 0.29) is 5.82 Å². The van der Waals surface area contributed by atoms with Crippen LogP contribution in [0.4, 0.5) is 14.6 Å². The van der Waals surface area contributed by atoms with E-state index in [1.807, 2.05) is 0 Å². The lowest BCUT2D eigenvalue weighted by atomic mass is 10.2. The van der Waals surface area contributed by atoms with E-state index in [2.05, 4.69) is 9.51 Å². The molecule has 3 atom stereocenters. The van der Waals surface area contributed by atoms with Crippen LogP contribution in [0.2, 0.25) is 0 Å². The average Bonchev–Trinajstić information content (AvgIpc) is 2.42. The number of anilines is 1. The predicted molar refractivity (Wildman–Crippen MR) is 68.1 cm³/mol. The first-order valence-corrected chi connectivity index (χ1v) is 6.50. The van der Waals surface area contributed by atoms with E-state index in [0.717, 1.165) is 4.57 Å². The standard InChI is InChI=1S/C10H14F2N3O5P/c1-5(15-3-2-7(13)14-10(15)17)20-6(4-19-21-18)8(16)9(11)12/h2-3,5-6,8-9,16H,4H2,1H3,(H2,13,14,17)/t5-,6?,8?/m1/s1. The number of hydrogen-bond donors (Lipinski definition) is 2. The third-order valence-electron chi connectivity index (χ3n) is 2.55. The maximum Gasteiger partial charge on any atom is 0.351 e. The molecule has 0 saturated carbocycles. The number of hydrogen-bond acceptors (Lipinski definition) is 7. The van der Waals surface area contributed by atoms with Gasteiger partial charge in [0.05, 0.1) is 6.61 Å². The van der Waals surface area contributed by atoms with Gasteiger partial charge >= 0.3 is 14.4 Å². The van der Waals surface area contributed by atoms with Gasteiger partial charge in [-0.2, -0.15) is 4.98 Å². The fourth-order valence-electron chi connectivity index (χ4n) is 1.51. The molecule has 3 N–H and O–H groups in total. The maximum absolute atomic E-state index is 12.5. The van der Waals surface area contributed by atoms with E-state index in [4.69, 9.17) is 10.5 Å². The van der Waals surface area contributed by atoms with Gasteiger partial charge in [0.1, 0.15) is 24.3 Å². The maximum atomic E-state index is 12.5. The lowest BCUT2D eigenvalue weighted by Gasteiger charge is -2.25. The minimum Gasteiger partial charge on any atom is -0.384 e. The van der Waals surface area contributed by atoms with E-state index in [0.29, 0.717) is 0 Å². The molecule has 0 fully saturated rings. The molecule has 0 radical (unpaired) electrons. The number of nitrogens with two attached hydrogens (primary N) is 1. The van der Waals surface area contributed by atoms with Crippen LogP contribution >= 0.6 is 8.69 Å². The molecule has 1 heterocycles. The fraction of sp³-hybridized carbons (Fsp3) is 0.600. The average molecular weight is 325 g/mol. The highest BCUT2D eigenvalue weighted by Gasteiger charge is 2.31. The second-order valence-corrected chi connectivity index (χ2v) is 4.42. The number of rotatable bonds is 8. The first-order chi connectivity index (χ1) is 9.86. The third-order valence-corrected chi connectivity index (χ3v) is 2.80. The molecule has 0 aliphatic carbocycles.